The summed E-state index contributed by atoms with van der Waals surface area (Å²) in [5.74, 6) is 0. The molecule has 0 rings (SSSR count). The zero-order valence-electron chi connectivity index (χ0n) is 6.83. The summed E-state index contributed by atoms with van der Waals surface area (Å²) < 4.78 is 20.6. The molecule has 0 heterocycles. The molecule has 0 spiro atoms. The maximum Gasteiger partial charge on any atom is 0.333 e. The van der Waals surface area contributed by atoms with Gasteiger partial charge in [0.2, 0.25) is 0 Å². The topological polar surface area (TPSA) is 35.5 Å². The Hall–Kier alpha value is 0.180. The fraction of sp³-hybridized carbons (Fsp3) is 0.667. The lowest BCUT2D eigenvalue weighted by atomic mass is 10.6. The predicted octanol–water partition coefficient (Wildman–Crippen LogP) is 2.61. The highest BCUT2D eigenvalue weighted by Crippen LogP contribution is 2.46. The van der Waals surface area contributed by atoms with Gasteiger partial charge in [-0.05, 0) is 6.92 Å². The number of hydrogen-bond acceptors (Lipinski definition) is 3. The molecular weight excluding hydrogens is 186 g/mol. The highest BCUT2D eigenvalue weighted by molar-refractivity contribution is 7.54. The average Bonchev–Trinajstić information content (AvgIpc) is 2.00. The normalized spacial score (nSPS) is 13.6. The Morgan fingerprint density at radius 2 is 2.00 bits per heavy atom. The molecule has 0 aliphatic rings. The van der Waals surface area contributed by atoms with Crippen molar-refractivity contribution < 1.29 is 13.6 Å². The van der Waals surface area contributed by atoms with Crippen molar-refractivity contribution in [2.24, 2.45) is 0 Å². The second kappa shape index (κ2) is 4.94. The first-order valence-electron chi connectivity index (χ1n) is 3.07. The molecule has 0 fully saturated rings. The lowest BCUT2D eigenvalue weighted by Gasteiger charge is -2.10. The van der Waals surface area contributed by atoms with E-state index in [-0.39, 0.29) is 6.16 Å². The molecule has 0 atom stereocenters. The smallest absolute Gasteiger partial charge is 0.312 e. The Bertz CT molecular complexity index is 178. The zero-order valence-corrected chi connectivity index (χ0v) is 8.48. The van der Waals surface area contributed by atoms with Crippen molar-refractivity contribution in [1.29, 1.82) is 0 Å². The Balaban J connectivity index is 4.10. The van der Waals surface area contributed by atoms with Gasteiger partial charge in [-0.1, -0.05) is 17.7 Å². The number of hydrogen-bond donors (Lipinski definition) is 0. The van der Waals surface area contributed by atoms with Gasteiger partial charge in [-0.2, -0.15) is 0 Å². The highest BCUT2D eigenvalue weighted by Gasteiger charge is 2.18. The third kappa shape index (κ3) is 4.59. The van der Waals surface area contributed by atoms with E-state index in [2.05, 4.69) is 9.05 Å². The van der Waals surface area contributed by atoms with Crippen LogP contribution in [0.25, 0.3) is 0 Å². The monoisotopic (exact) mass is 198 g/mol. The molecule has 0 aliphatic heterocycles. The van der Waals surface area contributed by atoms with Gasteiger partial charge < -0.3 is 9.05 Å². The fourth-order valence-electron chi connectivity index (χ4n) is 0.461. The summed E-state index contributed by atoms with van der Waals surface area (Å²) in [6.07, 6.45) is 1.82. The molecule has 0 amide bonds. The molecule has 0 aliphatic carbocycles. The second-order valence-electron chi connectivity index (χ2n) is 1.95. The van der Waals surface area contributed by atoms with Crippen LogP contribution in [0.4, 0.5) is 0 Å². The first-order valence-corrected chi connectivity index (χ1v) is 5.17. The number of allylic oxidation sites excluding steroid dienone is 2. The van der Waals surface area contributed by atoms with E-state index < -0.39 is 7.60 Å². The maximum atomic E-state index is 11.3. The predicted molar refractivity (Wildman–Crippen MR) is 46.1 cm³/mol. The van der Waals surface area contributed by atoms with Crippen molar-refractivity contribution in [2.75, 3.05) is 20.4 Å². The molecule has 66 valence electrons. The maximum absolute atomic E-state index is 11.3. The van der Waals surface area contributed by atoms with Crippen molar-refractivity contribution in [2.45, 2.75) is 6.92 Å². The lowest BCUT2D eigenvalue weighted by molar-refractivity contribution is 0.279. The number of halogens is 1. The van der Waals surface area contributed by atoms with Crippen molar-refractivity contribution in [3.8, 4) is 0 Å². The summed E-state index contributed by atoms with van der Waals surface area (Å²) in [5, 5.41) is 0.583. The van der Waals surface area contributed by atoms with Crippen molar-refractivity contribution in [1.82, 2.24) is 0 Å². The van der Waals surface area contributed by atoms with E-state index in [0.29, 0.717) is 5.03 Å². The summed E-state index contributed by atoms with van der Waals surface area (Å²) in [4.78, 5) is 0. The SMILES string of the molecule is COP(=O)(C/C=C(/C)Cl)OC. The first-order chi connectivity index (χ1) is 5.04. The Labute approximate surface area is 71.9 Å². The van der Waals surface area contributed by atoms with Crippen LogP contribution in [0.15, 0.2) is 11.1 Å². The van der Waals surface area contributed by atoms with E-state index in [1.807, 2.05) is 0 Å². The molecule has 0 aromatic heterocycles. The molecule has 0 N–H and O–H groups in total. The summed E-state index contributed by atoms with van der Waals surface area (Å²) >= 11 is 5.53. The molecule has 0 unspecified atom stereocenters. The summed E-state index contributed by atoms with van der Waals surface area (Å²) in [6, 6.07) is 0. The summed E-state index contributed by atoms with van der Waals surface area (Å²) in [6.45, 7) is 1.71. The van der Waals surface area contributed by atoms with Gasteiger partial charge in [0.05, 0.1) is 6.16 Å². The van der Waals surface area contributed by atoms with Crippen molar-refractivity contribution >= 4 is 19.2 Å². The highest BCUT2D eigenvalue weighted by atomic mass is 35.5. The van der Waals surface area contributed by atoms with Crippen LogP contribution in [0.2, 0.25) is 0 Å². The Morgan fingerprint density at radius 3 is 2.27 bits per heavy atom. The van der Waals surface area contributed by atoms with Crippen LogP contribution in [0, 0.1) is 0 Å². The van der Waals surface area contributed by atoms with Crippen LogP contribution >= 0.6 is 19.2 Å². The largest absolute Gasteiger partial charge is 0.333 e. The van der Waals surface area contributed by atoms with Crippen molar-refractivity contribution in [3.63, 3.8) is 0 Å². The van der Waals surface area contributed by atoms with Gasteiger partial charge in [-0.15, -0.1) is 0 Å². The van der Waals surface area contributed by atoms with Gasteiger partial charge in [0.25, 0.3) is 0 Å². The molecule has 0 saturated carbocycles. The third-order valence-electron chi connectivity index (χ3n) is 1.15. The molecule has 0 aromatic rings. The van der Waals surface area contributed by atoms with Gasteiger partial charge in [0.15, 0.2) is 0 Å². The zero-order chi connectivity index (χ0) is 8.91. The van der Waals surface area contributed by atoms with E-state index in [9.17, 15) is 4.57 Å². The molecule has 0 bridgehead atoms. The number of rotatable bonds is 4. The molecule has 0 aromatic carbocycles. The van der Waals surface area contributed by atoms with E-state index in [0.717, 1.165) is 0 Å². The molecule has 0 saturated heterocycles. The van der Waals surface area contributed by atoms with Crippen LogP contribution in [0.5, 0.6) is 0 Å². The van der Waals surface area contributed by atoms with Crippen LogP contribution in [-0.4, -0.2) is 20.4 Å². The molecular formula is C6H12ClO3P. The van der Waals surface area contributed by atoms with Gasteiger partial charge >= 0.3 is 7.60 Å². The standard InChI is InChI=1S/C6H12ClO3P/c1-6(7)4-5-11(8,9-2)10-3/h4H,5H2,1-3H3/b6-4-. The van der Waals surface area contributed by atoms with E-state index in [1.165, 1.54) is 14.2 Å². The quantitative estimate of drug-likeness (QED) is 0.652. The first kappa shape index (κ1) is 11.2. The minimum absolute atomic E-state index is 0.218. The summed E-state index contributed by atoms with van der Waals surface area (Å²) in [5.41, 5.74) is 0. The lowest BCUT2D eigenvalue weighted by Crippen LogP contribution is -1.91. The molecule has 5 heteroatoms. The second-order valence-corrected chi connectivity index (χ2v) is 4.86. The van der Waals surface area contributed by atoms with Crippen molar-refractivity contribution in [3.05, 3.63) is 11.1 Å². The average molecular weight is 199 g/mol. The summed E-state index contributed by atoms with van der Waals surface area (Å²) in [7, 11) is -0.198. The van der Waals surface area contributed by atoms with Crippen LogP contribution in [0.1, 0.15) is 6.92 Å². The minimum atomic E-state index is -2.90. The van der Waals surface area contributed by atoms with E-state index in [4.69, 9.17) is 11.6 Å². The van der Waals surface area contributed by atoms with Gasteiger partial charge in [-0.25, -0.2) is 0 Å². The Morgan fingerprint density at radius 1 is 1.55 bits per heavy atom. The Kier molecular flexibility index (Phi) is 5.02. The molecule has 11 heavy (non-hydrogen) atoms. The third-order valence-corrected chi connectivity index (χ3v) is 3.05. The fourth-order valence-corrected chi connectivity index (χ4v) is 1.59. The van der Waals surface area contributed by atoms with Gasteiger partial charge in [0, 0.05) is 19.3 Å². The molecule has 3 nitrogen and oxygen atoms in total. The van der Waals surface area contributed by atoms with Gasteiger partial charge in [0.1, 0.15) is 0 Å². The van der Waals surface area contributed by atoms with Gasteiger partial charge in [-0.3, -0.25) is 4.57 Å². The van der Waals surface area contributed by atoms with Crippen LogP contribution in [-0.2, 0) is 13.6 Å². The minimum Gasteiger partial charge on any atom is -0.312 e. The molecule has 0 radical (unpaired) electrons. The van der Waals surface area contributed by atoms with E-state index in [1.54, 1.807) is 13.0 Å². The van der Waals surface area contributed by atoms with Crippen LogP contribution < -0.4 is 0 Å². The van der Waals surface area contributed by atoms with Crippen LogP contribution in [0.3, 0.4) is 0 Å². The van der Waals surface area contributed by atoms with E-state index >= 15 is 0 Å².